The van der Waals surface area contributed by atoms with Gasteiger partial charge in [0.15, 0.2) is 0 Å². The molecule has 2 aromatic rings. The van der Waals surface area contributed by atoms with Crippen LogP contribution in [0.4, 0.5) is 5.69 Å². The van der Waals surface area contributed by atoms with Crippen molar-refractivity contribution in [2.75, 3.05) is 17.1 Å². The van der Waals surface area contributed by atoms with Gasteiger partial charge in [-0.05, 0) is 63.1 Å². The second-order valence-corrected chi connectivity index (χ2v) is 12.2. The summed E-state index contributed by atoms with van der Waals surface area (Å²) >= 11 is 24.6. The lowest BCUT2D eigenvalue weighted by Crippen LogP contribution is -2.49. The summed E-state index contributed by atoms with van der Waals surface area (Å²) in [5, 5.41) is 4.18. The van der Waals surface area contributed by atoms with Gasteiger partial charge >= 0.3 is 0 Å². The molecule has 2 amide bonds. The van der Waals surface area contributed by atoms with Crippen molar-refractivity contribution in [3.05, 3.63) is 62.1 Å². The highest BCUT2D eigenvalue weighted by atomic mass is 35.5. The number of benzene rings is 2. The highest BCUT2D eigenvalue weighted by molar-refractivity contribution is 7.92. The third kappa shape index (κ3) is 8.70. The number of halogens is 4. The summed E-state index contributed by atoms with van der Waals surface area (Å²) in [6.45, 7) is 5.36. The van der Waals surface area contributed by atoms with Crippen molar-refractivity contribution in [3.63, 3.8) is 0 Å². The number of carbonyl (C=O) groups is 2. The quantitative estimate of drug-likeness (QED) is 0.356. The number of hydrogen-bond acceptors (Lipinski definition) is 4. The number of nitrogens with zero attached hydrogens (tertiary/aromatic N) is 2. The summed E-state index contributed by atoms with van der Waals surface area (Å²) in [5.74, 6) is -0.648. The molecule has 0 heterocycles. The van der Waals surface area contributed by atoms with Crippen LogP contribution in [0.25, 0.3) is 0 Å². The molecule has 7 nitrogen and oxygen atoms in total. The van der Waals surface area contributed by atoms with Gasteiger partial charge < -0.3 is 10.2 Å². The van der Waals surface area contributed by atoms with Crippen LogP contribution in [0.2, 0.25) is 20.1 Å². The Balaban J connectivity index is 2.24. The zero-order valence-corrected chi connectivity index (χ0v) is 24.2. The molecule has 0 saturated heterocycles. The van der Waals surface area contributed by atoms with Crippen molar-refractivity contribution in [1.29, 1.82) is 0 Å². The SMILES string of the molecule is CC(C)NC(=O)C(C)N(Cc1ccc(Cl)cc1Cl)C(=O)CCCN(c1cc(Cl)ccc1Cl)S(C)(=O)=O. The Morgan fingerprint density at radius 2 is 1.56 bits per heavy atom. The summed E-state index contributed by atoms with van der Waals surface area (Å²) in [6.07, 6.45) is 1.21. The number of rotatable bonds is 11. The van der Waals surface area contributed by atoms with Crippen LogP contribution >= 0.6 is 46.4 Å². The topological polar surface area (TPSA) is 86.8 Å². The lowest BCUT2D eigenvalue weighted by Gasteiger charge is -2.30. The van der Waals surface area contributed by atoms with Crippen LogP contribution in [0, 0.1) is 0 Å². The van der Waals surface area contributed by atoms with Crippen molar-refractivity contribution >= 4 is 73.9 Å². The van der Waals surface area contributed by atoms with Crippen molar-refractivity contribution < 1.29 is 18.0 Å². The summed E-state index contributed by atoms with van der Waals surface area (Å²) in [4.78, 5) is 27.5. The third-order valence-corrected chi connectivity index (χ3v) is 7.60. The number of carbonyl (C=O) groups excluding carboxylic acids is 2. The zero-order valence-electron chi connectivity index (χ0n) is 20.4. The van der Waals surface area contributed by atoms with E-state index >= 15 is 0 Å². The first kappa shape index (κ1) is 30.5. The van der Waals surface area contributed by atoms with E-state index in [1.807, 2.05) is 13.8 Å². The summed E-state index contributed by atoms with van der Waals surface area (Å²) < 4.78 is 26.0. The Bertz CT molecular complexity index is 1210. The Morgan fingerprint density at radius 3 is 2.14 bits per heavy atom. The highest BCUT2D eigenvalue weighted by Gasteiger charge is 2.28. The van der Waals surface area contributed by atoms with E-state index in [4.69, 9.17) is 46.4 Å². The molecule has 0 aliphatic carbocycles. The Hall–Kier alpha value is -1.71. The van der Waals surface area contributed by atoms with Crippen molar-refractivity contribution in [1.82, 2.24) is 10.2 Å². The predicted octanol–water partition coefficient (Wildman–Crippen LogP) is 5.79. The standard InChI is InChI=1S/C24H29Cl4N3O4S/c1-15(2)29-24(33)16(3)30(14-17-7-8-18(25)12-21(17)28)23(32)6-5-11-31(36(4,34)35)22-13-19(26)9-10-20(22)27/h7-10,12-13,15-16H,5-6,11,14H2,1-4H3,(H,29,33). The van der Waals surface area contributed by atoms with Crippen LogP contribution in [-0.2, 0) is 26.2 Å². The molecule has 0 bridgehead atoms. The van der Waals surface area contributed by atoms with Crippen molar-refractivity contribution in [2.24, 2.45) is 0 Å². The van der Waals surface area contributed by atoms with E-state index in [9.17, 15) is 18.0 Å². The molecule has 0 saturated carbocycles. The number of nitrogens with one attached hydrogen (secondary N) is 1. The van der Waals surface area contributed by atoms with Gasteiger partial charge in [-0.2, -0.15) is 0 Å². The van der Waals surface area contributed by atoms with E-state index in [0.29, 0.717) is 20.6 Å². The molecule has 1 N–H and O–H groups in total. The maximum atomic E-state index is 13.3. The van der Waals surface area contributed by atoms with Gasteiger partial charge in [0.05, 0.1) is 17.0 Å². The lowest BCUT2D eigenvalue weighted by atomic mass is 10.1. The molecule has 12 heteroatoms. The Labute approximate surface area is 232 Å². The molecule has 1 atom stereocenters. The Morgan fingerprint density at radius 1 is 0.944 bits per heavy atom. The molecule has 1 unspecified atom stereocenters. The van der Waals surface area contributed by atoms with Crippen molar-refractivity contribution in [3.8, 4) is 0 Å². The van der Waals surface area contributed by atoms with Crippen LogP contribution in [0.5, 0.6) is 0 Å². The fourth-order valence-corrected chi connectivity index (χ4v) is 5.35. The second-order valence-electron chi connectivity index (χ2n) is 8.63. The van der Waals surface area contributed by atoms with Crippen LogP contribution in [0.1, 0.15) is 39.2 Å². The van der Waals surface area contributed by atoms with E-state index in [1.165, 1.54) is 17.0 Å². The minimum Gasteiger partial charge on any atom is -0.352 e. The fraction of sp³-hybridized carbons (Fsp3) is 0.417. The van der Waals surface area contributed by atoms with Crippen LogP contribution in [0.15, 0.2) is 36.4 Å². The molecule has 2 aromatic carbocycles. The largest absolute Gasteiger partial charge is 0.352 e. The smallest absolute Gasteiger partial charge is 0.242 e. The normalized spacial score (nSPS) is 12.4. The van der Waals surface area contributed by atoms with Gasteiger partial charge in [0.25, 0.3) is 0 Å². The van der Waals surface area contributed by atoms with Gasteiger partial charge in [0.2, 0.25) is 21.8 Å². The van der Waals surface area contributed by atoms with Gasteiger partial charge in [0, 0.05) is 40.6 Å². The van der Waals surface area contributed by atoms with Gasteiger partial charge in [-0.15, -0.1) is 0 Å². The molecule has 0 spiro atoms. The predicted molar refractivity (Wildman–Crippen MR) is 148 cm³/mol. The highest BCUT2D eigenvalue weighted by Crippen LogP contribution is 2.31. The molecule has 0 aromatic heterocycles. The van der Waals surface area contributed by atoms with E-state index in [2.05, 4.69) is 5.32 Å². The minimum atomic E-state index is -3.71. The monoisotopic (exact) mass is 595 g/mol. The maximum Gasteiger partial charge on any atom is 0.242 e. The van der Waals surface area contributed by atoms with Crippen LogP contribution in [-0.4, -0.2) is 50.0 Å². The number of hydrogen-bond donors (Lipinski definition) is 1. The van der Waals surface area contributed by atoms with Crippen LogP contribution in [0.3, 0.4) is 0 Å². The summed E-state index contributed by atoms with van der Waals surface area (Å²) in [5.41, 5.74) is 0.857. The third-order valence-electron chi connectivity index (χ3n) is 5.28. The van der Waals surface area contributed by atoms with E-state index < -0.39 is 16.1 Å². The molecule has 0 fully saturated rings. The summed E-state index contributed by atoms with van der Waals surface area (Å²) in [6, 6.07) is 8.55. The Kier molecular flexibility index (Phi) is 11.2. The molecule has 36 heavy (non-hydrogen) atoms. The number of amides is 2. The first-order valence-electron chi connectivity index (χ1n) is 11.2. The lowest BCUT2D eigenvalue weighted by molar-refractivity contribution is -0.140. The molecule has 2 rings (SSSR count). The van der Waals surface area contributed by atoms with E-state index in [1.54, 1.807) is 31.2 Å². The van der Waals surface area contributed by atoms with E-state index in [0.717, 1.165) is 10.6 Å². The van der Waals surface area contributed by atoms with Crippen LogP contribution < -0.4 is 9.62 Å². The van der Waals surface area contributed by atoms with Gasteiger partial charge in [-0.3, -0.25) is 13.9 Å². The van der Waals surface area contributed by atoms with Crippen molar-refractivity contribution in [2.45, 2.75) is 52.2 Å². The molecule has 0 aliphatic rings. The second kappa shape index (κ2) is 13.2. The number of sulfonamides is 1. The summed E-state index contributed by atoms with van der Waals surface area (Å²) in [7, 11) is -3.71. The number of anilines is 1. The van der Waals surface area contributed by atoms with E-state index in [-0.39, 0.29) is 54.5 Å². The molecule has 0 radical (unpaired) electrons. The van der Waals surface area contributed by atoms with Gasteiger partial charge in [-0.25, -0.2) is 8.42 Å². The molecule has 0 aliphatic heterocycles. The average molecular weight is 597 g/mol. The zero-order chi connectivity index (χ0) is 27.2. The van der Waals surface area contributed by atoms with Gasteiger partial charge in [0.1, 0.15) is 6.04 Å². The fourth-order valence-electron chi connectivity index (χ4n) is 3.48. The first-order chi connectivity index (χ1) is 16.7. The molecule has 198 valence electrons. The molecular formula is C24H29Cl4N3O4S. The molecular weight excluding hydrogens is 568 g/mol. The minimum absolute atomic E-state index is 0.00719. The maximum absolute atomic E-state index is 13.3. The average Bonchev–Trinajstić information content (AvgIpc) is 2.76. The van der Waals surface area contributed by atoms with Gasteiger partial charge in [-0.1, -0.05) is 52.5 Å². The first-order valence-corrected chi connectivity index (χ1v) is 14.5.